The number of nitriles is 1. The first kappa shape index (κ1) is 36.3. The number of ether oxygens (including phenoxy) is 2. The van der Waals surface area contributed by atoms with Crippen molar-refractivity contribution in [2.45, 2.75) is 57.6 Å². The van der Waals surface area contributed by atoms with Gasteiger partial charge in [-0.05, 0) is 65.8 Å². The first-order valence-corrected chi connectivity index (χ1v) is 16.6. The van der Waals surface area contributed by atoms with Crippen molar-refractivity contribution < 1.29 is 31.9 Å². The largest absolute Gasteiger partial charge is 0.444 e. The third kappa shape index (κ3) is 9.21. The Morgan fingerprint density at radius 3 is 2.22 bits per heavy atom. The van der Waals surface area contributed by atoms with Crippen LogP contribution in [0.5, 0.6) is 0 Å². The predicted octanol–water partition coefficient (Wildman–Crippen LogP) is 6.98. The monoisotopic (exact) mass is 694 g/mol. The number of likely N-dealkylation sites (N-methyl/N-ethyl adjacent to an activating group) is 2. The number of rotatable bonds is 9. The zero-order chi connectivity index (χ0) is 34.6. The predicted molar refractivity (Wildman–Crippen MR) is 176 cm³/mol. The molecule has 46 heavy (non-hydrogen) atoms. The minimum atomic E-state index is -4.87. The second-order valence-electron chi connectivity index (χ2n) is 12.2. The summed E-state index contributed by atoms with van der Waals surface area (Å²) >= 11 is 7.52. The van der Waals surface area contributed by atoms with E-state index in [1.807, 2.05) is 0 Å². The van der Waals surface area contributed by atoms with Gasteiger partial charge in [0.1, 0.15) is 21.9 Å². The highest BCUT2D eigenvalue weighted by molar-refractivity contribution is 7.93. The number of nitrogens with one attached hydrogen (secondary N) is 1. The van der Waals surface area contributed by atoms with E-state index in [-0.39, 0.29) is 23.1 Å². The smallest absolute Gasteiger partial charge is 0.430 e. The van der Waals surface area contributed by atoms with Crippen LogP contribution < -0.4 is 14.5 Å². The van der Waals surface area contributed by atoms with E-state index in [4.69, 9.17) is 21.1 Å². The van der Waals surface area contributed by atoms with E-state index in [1.54, 1.807) is 78.7 Å². The zero-order valence-corrected chi connectivity index (χ0v) is 29.1. The van der Waals surface area contributed by atoms with Crippen molar-refractivity contribution in [2.24, 2.45) is 0 Å². The Morgan fingerprint density at radius 1 is 1.02 bits per heavy atom. The molecule has 0 bridgehead atoms. The normalized spacial score (nSPS) is 11.8. The Balaban J connectivity index is 1.94. The molecule has 12 nitrogen and oxygen atoms in total. The van der Waals surface area contributed by atoms with Crippen LogP contribution in [-0.4, -0.2) is 68.9 Å². The van der Waals surface area contributed by atoms with Gasteiger partial charge in [-0.2, -0.15) is 5.26 Å². The molecule has 16 heteroatoms. The fraction of sp³-hybridized carbons (Fsp3) is 0.400. The van der Waals surface area contributed by atoms with Crippen LogP contribution in [0.25, 0.3) is 0 Å². The molecular weight excluding hydrogens is 659 g/mol. The van der Waals surface area contributed by atoms with Crippen molar-refractivity contribution in [3.63, 3.8) is 0 Å². The number of hydrogen-bond donors (Lipinski definition) is 1. The summed E-state index contributed by atoms with van der Waals surface area (Å²) in [6.45, 7) is 10.6. The van der Waals surface area contributed by atoms with Crippen LogP contribution in [0.2, 0.25) is 5.02 Å². The van der Waals surface area contributed by atoms with Crippen LogP contribution in [0.1, 0.15) is 47.1 Å². The molecule has 0 saturated carbocycles. The summed E-state index contributed by atoms with van der Waals surface area (Å²) in [4.78, 5) is 31.6. The summed E-state index contributed by atoms with van der Waals surface area (Å²) in [7, 11) is -1.53. The Morgan fingerprint density at radius 2 is 1.65 bits per heavy atom. The molecule has 1 heterocycles. The van der Waals surface area contributed by atoms with Gasteiger partial charge in [-0.15, -0.1) is 15.6 Å². The Labute approximate surface area is 277 Å². The molecule has 2 amide bonds. The van der Waals surface area contributed by atoms with Crippen LogP contribution in [0, 0.1) is 17.1 Å². The van der Waals surface area contributed by atoms with Gasteiger partial charge in [-0.1, -0.05) is 11.6 Å². The molecule has 0 atom stereocenters. The number of sulfonamides is 1. The van der Waals surface area contributed by atoms with E-state index in [0.717, 1.165) is 23.5 Å². The summed E-state index contributed by atoms with van der Waals surface area (Å²) in [6, 6.07) is 8.59. The average Bonchev–Trinajstić information content (AvgIpc) is 3.45. The molecule has 0 spiro atoms. The van der Waals surface area contributed by atoms with E-state index >= 15 is 4.39 Å². The number of nitrogens with zero attached hydrogens (tertiary/aromatic N) is 5. The van der Waals surface area contributed by atoms with Crippen LogP contribution in [0.4, 0.5) is 36.9 Å². The molecular formula is C30H36ClFN6O6S2. The Bertz CT molecular complexity index is 1730. The highest BCUT2D eigenvalue weighted by Crippen LogP contribution is 2.36. The van der Waals surface area contributed by atoms with Crippen molar-refractivity contribution in [2.75, 3.05) is 41.7 Å². The van der Waals surface area contributed by atoms with Gasteiger partial charge in [-0.3, -0.25) is 0 Å². The molecule has 248 valence electrons. The van der Waals surface area contributed by atoms with Gasteiger partial charge < -0.3 is 24.6 Å². The van der Waals surface area contributed by atoms with Crippen molar-refractivity contribution in [1.82, 2.24) is 9.88 Å². The van der Waals surface area contributed by atoms with Crippen LogP contribution >= 0.6 is 22.9 Å². The molecule has 3 aromatic rings. The minimum Gasteiger partial charge on any atom is -0.444 e. The van der Waals surface area contributed by atoms with Crippen molar-refractivity contribution >= 4 is 68.0 Å². The lowest BCUT2D eigenvalue weighted by atomic mass is 10.1. The lowest BCUT2D eigenvalue weighted by molar-refractivity contribution is 0.0303. The van der Waals surface area contributed by atoms with Gasteiger partial charge in [0.2, 0.25) is 0 Å². The zero-order valence-electron chi connectivity index (χ0n) is 26.7. The van der Waals surface area contributed by atoms with E-state index in [2.05, 4.69) is 16.4 Å². The fourth-order valence-electron chi connectivity index (χ4n) is 3.86. The maximum absolute atomic E-state index is 15.6. The second kappa shape index (κ2) is 14.1. The lowest BCUT2D eigenvalue weighted by Crippen LogP contribution is -2.41. The summed E-state index contributed by atoms with van der Waals surface area (Å²) in [6.07, 6.45) is -1.76. The van der Waals surface area contributed by atoms with E-state index in [1.165, 1.54) is 15.8 Å². The van der Waals surface area contributed by atoms with E-state index in [0.29, 0.717) is 27.8 Å². The van der Waals surface area contributed by atoms with Gasteiger partial charge in [0.25, 0.3) is 10.0 Å². The molecule has 0 radical (unpaired) electrons. The number of benzene rings is 2. The molecule has 0 fully saturated rings. The molecule has 0 aliphatic carbocycles. The van der Waals surface area contributed by atoms with Gasteiger partial charge >= 0.3 is 12.2 Å². The average molecular weight is 695 g/mol. The van der Waals surface area contributed by atoms with Crippen LogP contribution in [-0.2, 0) is 19.5 Å². The number of carbonyl (C=O) groups excluding carboxylic acids is 2. The van der Waals surface area contributed by atoms with Gasteiger partial charge in [-0.25, -0.2) is 27.4 Å². The molecule has 3 rings (SSSR count). The lowest BCUT2D eigenvalue weighted by Gasteiger charge is -2.28. The molecule has 0 aliphatic heterocycles. The maximum atomic E-state index is 15.6. The summed E-state index contributed by atoms with van der Waals surface area (Å²) < 4.78 is 53.9. The maximum Gasteiger partial charge on any atom is 0.430 e. The summed E-state index contributed by atoms with van der Waals surface area (Å²) in [5.74, 6) is -1.46. The van der Waals surface area contributed by atoms with Crippen molar-refractivity contribution in [3.8, 4) is 6.07 Å². The fourth-order valence-corrected chi connectivity index (χ4v) is 6.07. The summed E-state index contributed by atoms with van der Waals surface area (Å²) in [5.41, 5.74) is 0.896. The number of hydrogen-bond acceptors (Lipinski definition) is 11. The highest BCUT2D eigenvalue weighted by atomic mass is 35.5. The number of anilines is 4. The quantitative estimate of drug-likeness (QED) is 0.249. The third-order valence-corrected chi connectivity index (χ3v) is 8.58. The topological polar surface area (TPSA) is 145 Å². The standard InChI is InChI=1S/C30H36ClFN6O6S2/c1-29(2,3)43-27(39)37(8)12-11-36(7)24-13-19(16-33)9-10-22(24)35-23-15-21(32)25(14-20(23)31)46(41,42)38(26-17-45-18-34-26)28(40)44-30(4,5)6/h9-10,13-15,17-18,35H,11-12H2,1-8H3. The minimum absolute atomic E-state index is 0.0147. The summed E-state index contributed by atoms with van der Waals surface area (Å²) in [5, 5.41) is 13.6. The van der Waals surface area contributed by atoms with Gasteiger partial charge in [0.05, 0.1) is 39.2 Å². The third-order valence-electron chi connectivity index (χ3n) is 6.01. The molecule has 1 N–H and O–H groups in total. The Hall–Kier alpha value is -4.13. The SMILES string of the molecule is CN(CCN(C)c1cc(C#N)ccc1Nc1cc(F)c(S(=O)(=O)N(C(=O)OC(C)(C)C)c2cscn2)cc1Cl)C(=O)OC(C)(C)C. The first-order chi connectivity index (χ1) is 21.2. The number of halogens is 2. The highest BCUT2D eigenvalue weighted by Gasteiger charge is 2.38. The number of amides is 2. The number of thiazole rings is 1. The molecule has 0 unspecified atom stereocenters. The second-order valence-corrected chi connectivity index (χ2v) is 15.0. The van der Waals surface area contributed by atoms with E-state index in [9.17, 15) is 23.3 Å². The molecule has 0 aliphatic rings. The van der Waals surface area contributed by atoms with Crippen molar-refractivity contribution in [3.05, 3.63) is 57.6 Å². The molecule has 0 saturated heterocycles. The van der Waals surface area contributed by atoms with Crippen LogP contribution in [0.15, 0.2) is 46.1 Å². The van der Waals surface area contributed by atoms with E-state index < -0.39 is 44.1 Å². The number of aromatic nitrogens is 1. The first-order valence-electron chi connectivity index (χ1n) is 13.9. The van der Waals surface area contributed by atoms with Crippen LogP contribution in [0.3, 0.4) is 0 Å². The van der Waals surface area contributed by atoms with Gasteiger partial charge in [0.15, 0.2) is 5.82 Å². The van der Waals surface area contributed by atoms with Gasteiger partial charge in [0, 0.05) is 38.6 Å². The Kier molecular flexibility index (Phi) is 11.1. The van der Waals surface area contributed by atoms with Crippen molar-refractivity contribution in [1.29, 1.82) is 5.26 Å². The number of carbonyl (C=O) groups is 2. The molecule has 2 aromatic carbocycles. The molecule has 1 aromatic heterocycles.